The largest absolute Gasteiger partial charge is 0.384 e. The molecule has 16 heavy (non-hydrogen) atoms. The second-order valence-corrected chi connectivity index (χ2v) is 6.76. The average Bonchev–Trinajstić information content (AvgIpc) is 2.25. The van der Waals surface area contributed by atoms with Crippen LogP contribution in [-0.4, -0.2) is 5.97 Å². The summed E-state index contributed by atoms with van der Waals surface area (Å²) in [7, 11) is 0. The summed E-state index contributed by atoms with van der Waals surface area (Å²) >= 11 is 2.82. The average molecular weight is 287 g/mol. The topological polar surface area (TPSA) is 26.3 Å². The normalized spacial score (nSPS) is 49.4. The van der Waals surface area contributed by atoms with Crippen molar-refractivity contribution in [1.82, 2.24) is 0 Å². The van der Waals surface area contributed by atoms with Gasteiger partial charge >= 0.3 is 5.97 Å². The highest BCUT2D eigenvalue weighted by Gasteiger charge is 2.55. The zero-order valence-electron chi connectivity index (χ0n) is 9.75. The van der Waals surface area contributed by atoms with Crippen LogP contribution in [0.15, 0.2) is 0 Å². The van der Waals surface area contributed by atoms with E-state index in [1.807, 2.05) is 0 Å². The minimum Gasteiger partial charge on any atom is -0.384 e. The Hall–Kier alpha value is -0.0500. The molecule has 0 aromatic carbocycles. The standard InChI is InChI=1S/C13H19BrO2/c1-13(7-12(15)16-14)10-3-8-2-9(5-10)6-11(13)4-8/h8-11H,2-7H2,1H3. The van der Waals surface area contributed by atoms with Gasteiger partial charge in [-0.3, -0.25) is 4.79 Å². The number of rotatable bonds is 2. The molecule has 0 radical (unpaired) electrons. The molecule has 0 unspecified atom stereocenters. The third-order valence-electron chi connectivity index (χ3n) is 5.61. The maximum absolute atomic E-state index is 11.5. The molecule has 0 atom stereocenters. The predicted molar refractivity (Wildman–Crippen MR) is 64.8 cm³/mol. The molecule has 0 aromatic rings. The van der Waals surface area contributed by atoms with E-state index < -0.39 is 0 Å². The number of hydrogen-bond acceptors (Lipinski definition) is 2. The van der Waals surface area contributed by atoms with Crippen molar-refractivity contribution in [2.45, 2.75) is 45.4 Å². The summed E-state index contributed by atoms with van der Waals surface area (Å²) in [6, 6.07) is 0. The predicted octanol–water partition coefficient (Wildman–Crippen LogP) is 3.69. The number of carbonyl (C=O) groups excluding carboxylic acids is 1. The maximum atomic E-state index is 11.5. The molecule has 0 spiro atoms. The molecule has 0 N–H and O–H groups in total. The van der Waals surface area contributed by atoms with E-state index in [1.165, 1.54) is 32.1 Å². The summed E-state index contributed by atoms with van der Waals surface area (Å²) in [6.45, 7) is 2.32. The van der Waals surface area contributed by atoms with Crippen LogP contribution in [0.3, 0.4) is 0 Å². The monoisotopic (exact) mass is 286 g/mol. The van der Waals surface area contributed by atoms with Crippen LogP contribution in [-0.2, 0) is 8.62 Å². The van der Waals surface area contributed by atoms with E-state index in [4.69, 9.17) is 3.83 Å². The Bertz CT molecular complexity index is 285. The minimum atomic E-state index is -0.0880. The van der Waals surface area contributed by atoms with Gasteiger partial charge in [-0.1, -0.05) is 6.92 Å². The minimum absolute atomic E-state index is 0.0880. The zero-order chi connectivity index (χ0) is 11.3. The molecule has 2 nitrogen and oxygen atoms in total. The summed E-state index contributed by atoms with van der Waals surface area (Å²) in [6.07, 6.45) is 7.51. The first kappa shape index (κ1) is 11.1. The molecular formula is C13H19BrO2. The molecule has 0 amide bonds. The van der Waals surface area contributed by atoms with E-state index in [0.29, 0.717) is 6.42 Å². The van der Waals surface area contributed by atoms with Crippen molar-refractivity contribution in [3.05, 3.63) is 0 Å². The van der Waals surface area contributed by atoms with Gasteiger partial charge < -0.3 is 3.83 Å². The quantitative estimate of drug-likeness (QED) is 0.774. The second kappa shape index (κ2) is 3.72. The molecule has 0 aliphatic heterocycles. The van der Waals surface area contributed by atoms with Gasteiger partial charge in [0, 0.05) is 0 Å². The summed E-state index contributed by atoms with van der Waals surface area (Å²) in [5.41, 5.74) is 0.221. The Morgan fingerprint density at radius 3 is 2.12 bits per heavy atom. The fourth-order valence-corrected chi connectivity index (χ4v) is 5.00. The van der Waals surface area contributed by atoms with Crippen LogP contribution in [0.2, 0.25) is 0 Å². The van der Waals surface area contributed by atoms with Crippen LogP contribution < -0.4 is 0 Å². The van der Waals surface area contributed by atoms with Gasteiger partial charge in [0.05, 0.1) is 6.42 Å². The first-order chi connectivity index (χ1) is 7.61. The molecule has 4 aliphatic rings. The SMILES string of the molecule is CC1(CC(=O)OBr)C2CC3CC(C2)CC1C3. The molecule has 0 aromatic heterocycles. The Morgan fingerprint density at radius 1 is 1.19 bits per heavy atom. The third-order valence-corrected chi connectivity index (χ3v) is 5.98. The summed E-state index contributed by atoms with van der Waals surface area (Å²) in [4.78, 5) is 11.5. The van der Waals surface area contributed by atoms with Gasteiger partial charge in [-0.2, -0.15) is 0 Å². The maximum Gasteiger partial charge on any atom is 0.317 e. The van der Waals surface area contributed by atoms with E-state index in [1.54, 1.807) is 0 Å². The van der Waals surface area contributed by atoms with Gasteiger partial charge in [-0.25, -0.2) is 0 Å². The molecule has 4 bridgehead atoms. The fraction of sp³-hybridized carbons (Fsp3) is 0.923. The summed E-state index contributed by atoms with van der Waals surface area (Å²) in [5, 5.41) is 0. The lowest BCUT2D eigenvalue weighted by molar-refractivity contribution is -0.147. The first-order valence-corrected chi connectivity index (χ1v) is 7.08. The summed E-state index contributed by atoms with van der Waals surface area (Å²) in [5.74, 6) is 3.40. The van der Waals surface area contributed by atoms with Gasteiger partial charge in [0.2, 0.25) is 0 Å². The van der Waals surface area contributed by atoms with E-state index in [2.05, 4.69) is 23.2 Å². The molecular weight excluding hydrogens is 268 g/mol. The van der Waals surface area contributed by atoms with Crippen LogP contribution in [0, 0.1) is 29.1 Å². The van der Waals surface area contributed by atoms with Gasteiger partial charge in [0.15, 0.2) is 16.3 Å². The molecule has 4 saturated carbocycles. The number of carbonyl (C=O) groups is 1. The molecule has 4 rings (SSSR count). The van der Waals surface area contributed by atoms with E-state index in [9.17, 15) is 4.79 Å². The molecule has 0 saturated heterocycles. The lowest BCUT2D eigenvalue weighted by Gasteiger charge is -2.60. The summed E-state index contributed by atoms with van der Waals surface area (Å²) < 4.78 is 4.70. The highest BCUT2D eigenvalue weighted by molar-refractivity contribution is 9.06. The smallest absolute Gasteiger partial charge is 0.317 e. The van der Waals surface area contributed by atoms with Crippen LogP contribution in [0.25, 0.3) is 0 Å². The van der Waals surface area contributed by atoms with Crippen molar-refractivity contribution in [3.63, 3.8) is 0 Å². The van der Waals surface area contributed by atoms with Crippen molar-refractivity contribution >= 4 is 22.2 Å². The van der Waals surface area contributed by atoms with Crippen molar-refractivity contribution in [2.75, 3.05) is 0 Å². The van der Waals surface area contributed by atoms with E-state index in [-0.39, 0.29) is 11.4 Å². The lowest BCUT2D eigenvalue weighted by Crippen LogP contribution is -2.52. The number of halogens is 1. The van der Waals surface area contributed by atoms with Crippen LogP contribution in [0.5, 0.6) is 0 Å². The Morgan fingerprint density at radius 2 is 1.69 bits per heavy atom. The Balaban J connectivity index is 1.82. The Labute approximate surface area is 106 Å². The lowest BCUT2D eigenvalue weighted by atomic mass is 9.45. The van der Waals surface area contributed by atoms with E-state index >= 15 is 0 Å². The van der Waals surface area contributed by atoms with Crippen molar-refractivity contribution in [1.29, 1.82) is 0 Å². The van der Waals surface area contributed by atoms with Gasteiger partial charge in [-0.05, 0) is 61.2 Å². The molecule has 3 heteroatoms. The van der Waals surface area contributed by atoms with Crippen LogP contribution >= 0.6 is 16.3 Å². The molecule has 0 heterocycles. The van der Waals surface area contributed by atoms with Crippen LogP contribution in [0.1, 0.15) is 45.4 Å². The zero-order valence-corrected chi connectivity index (χ0v) is 11.3. The van der Waals surface area contributed by atoms with E-state index in [0.717, 1.165) is 23.7 Å². The Kier molecular flexibility index (Phi) is 2.58. The van der Waals surface area contributed by atoms with Crippen LogP contribution in [0.4, 0.5) is 0 Å². The van der Waals surface area contributed by atoms with Crippen molar-refractivity contribution < 1.29 is 8.62 Å². The van der Waals surface area contributed by atoms with Crippen molar-refractivity contribution in [3.8, 4) is 0 Å². The number of hydrogen-bond donors (Lipinski definition) is 0. The molecule has 4 aliphatic carbocycles. The second-order valence-electron chi connectivity index (χ2n) is 6.44. The molecule has 90 valence electrons. The fourth-order valence-electron chi connectivity index (χ4n) is 4.89. The highest BCUT2D eigenvalue weighted by Crippen LogP contribution is 2.63. The highest BCUT2D eigenvalue weighted by atomic mass is 79.9. The van der Waals surface area contributed by atoms with Crippen molar-refractivity contribution in [2.24, 2.45) is 29.1 Å². The first-order valence-electron chi connectivity index (χ1n) is 6.43. The molecule has 4 fully saturated rings. The van der Waals surface area contributed by atoms with Gasteiger partial charge in [0.25, 0.3) is 0 Å². The van der Waals surface area contributed by atoms with Gasteiger partial charge in [-0.15, -0.1) is 0 Å². The third kappa shape index (κ3) is 1.54. The van der Waals surface area contributed by atoms with Gasteiger partial charge in [0.1, 0.15) is 0 Å².